The molecule has 2 aromatic carbocycles. The molecule has 134 valence electrons. The summed E-state index contributed by atoms with van der Waals surface area (Å²) in [6, 6.07) is 17.5. The third kappa shape index (κ3) is 4.08. The van der Waals surface area contributed by atoms with Crippen molar-refractivity contribution in [1.29, 1.82) is 0 Å². The van der Waals surface area contributed by atoms with Crippen LogP contribution in [0.3, 0.4) is 0 Å². The van der Waals surface area contributed by atoms with Crippen molar-refractivity contribution in [2.24, 2.45) is 0 Å². The van der Waals surface area contributed by atoms with Crippen LogP contribution in [0.4, 0.5) is 0 Å². The van der Waals surface area contributed by atoms with Crippen molar-refractivity contribution >= 4 is 22.8 Å². The number of likely N-dealkylation sites (N-methyl/N-ethyl adjacent to an activating group) is 1. The number of hydrogen-bond donors (Lipinski definition) is 1. The molecule has 0 aliphatic rings. The Morgan fingerprint density at radius 3 is 2.50 bits per heavy atom. The second-order valence-corrected chi connectivity index (χ2v) is 6.25. The predicted molar refractivity (Wildman–Crippen MR) is 100 cm³/mol. The highest BCUT2D eigenvalue weighted by molar-refractivity contribution is 5.81. The lowest BCUT2D eigenvalue weighted by Gasteiger charge is -2.19. The maximum atomic E-state index is 12.7. The van der Waals surface area contributed by atoms with Crippen LogP contribution in [0.2, 0.25) is 0 Å². The number of para-hydroxylation sites is 2. The van der Waals surface area contributed by atoms with Crippen LogP contribution in [0.1, 0.15) is 18.3 Å². The molecule has 0 spiro atoms. The fourth-order valence-corrected chi connectivity index (χ4v) is 2.84. The quantitative estimate of drug-likeness (QED) is 0.742. The average Bonchev–Trinajstić information content (AvgIpc) is 2.98. The molecule has 3 rings (SSSR count). The number of aromatic nitrogens is 2. The van der Waals surface area contributed by atoms with Crippen molar-refractivity contribution in [2.75, 3.05) is 7.05 Å². The minimum Gasteiger partial charge on any atom is -0.349 e. The maximum absolute atomic E-state index is 12.7. The van der Waals surface area contributed by atoms with Crippen LogP contribution in [0.25, 0.3) is 11.0 Å². The number of nitrogens with zero attached hydrogens (tertiary/aromatic N) is 3. The van der Waals surface area contributed by atoms with E-state index in [2.05, 4.69) is 10.3 Å². The van der Waals surface area contributed by atoms with E-state index >= 15 is 0 Å². The molecule has 0 bridgehead atoms. The molecule has 1 heterocycles. The number of benzene rings is 2. The van der Waals surface area contributed by atoms with E-state index in [1.165, 1.54) is 6.92 Å². The van der Waals surface area contributed by atoms with Gasteiger partial charge in [-0.05, 0) is 17.7 Å². The summed E-state index contributed by atoms with van der Waals surface area (Å²) in [4.78, 5) is 30.3. The molecular weight excluding hydrogens is 328 g/mol. The lowest BCUT2D eigenvalue weighted by atomic mass is 10.2. The second-order valence-electron chi connectivity index (χ2n) is 6.25. The van der Waals surface area contributed by atoms with Crippen molar-refractivity contribution in [3.05, 3.63) is 66.0 Å². The lowest BCUT2D eigenvalue weighted by molar-refractivity contribution is -0.131. The Balaban J connectivity index is 1.81. The van der Waals surface area contributed by atoms with Gasteiger partial charge in [0.1, 0.15) is 12.4 Å². The summed E-state index contributed by atoms with van der Waals surface area (Å²) in [5, 5.41) is 2.76. The predicted octanol–water partition coefficient (Wildman–Crippen LogP) is 2.33. The Morgan fingerprint density at radius 2 is 1.77 bits per heavy atom. The molecule has 26 heavy (non-hydrogen) atoms. The van der Waals surface area contributed by atoms with Crippen molar-refractivity contribution in [3.8, 4) is 0 Å². The van der Waals surface area contributed by atoms with E-state index in [1.807, 2.05) is 59.2 Å². The molecule has 0 saturated carbocycles. The smallest absolute Gasteiger partial charge is 0.242 e. The van der Waals surface area contributed by atoms with Gasteiger partial charge < -0.3 is 14.8 Å². The molecule has 0 fully saturated rings. The zero-order valence-electron chi connectivity index (χ0n) is 15.0. The Labute approximate surface area is 152 Å². The molecular formula is C20H22N4O2. The summed E-state index contributed by atoms with van der Waals surface area (Å²) in [7, 11) is 1.79. The van der Waals surface area contributed by atoms with Gasteiger partial charge in [0, 0.05) is 20.5 Å². The second kappa shape index (κ2) is 7.82. The first-order valence-electron chi connectivity index (χ1n) is 8.51. The summed E-state index contributed by atoms with van der Waals surface area (Å²) >= 11 is 0. The molecule has 1 aromatic heterocycles. The Bertz CT molecular complexity index is 918. The van der Waals surface area contributed by atoms with Crippen LogP contribution in [-0.4, -0.2) is 33.3 Å². The highest BCUT2D eigenvalue weighted by atomic mass is 16.2. The molecule has 1 N–H and O–H groups in total. The zero-order valence-corrected chi connectivity index (χ0v) is 15.0. The van der Waals surface area contributed by atoms with E-state index in [1.54, 1.807) is 11.9 Å². The fraction of sp³-hybridized carbons (Fsp3) is 0.250. The summed E-state index contributed by atoms with van der Waals surface area (Å²) in [6.07, 6.45) is 0. The maximum Gasteiger partial charge on any atom is 0.242 e. The molecule has 0 aliphatic carbocycles. The number of imidazole rings is 1. The van der Waals surface area contributed by atoms with E-state index in [9.17, 15) is 9.59 Å². The van der Waals surface area contributed by atoms with E-state index < -0.39 is 0 Å². The number of amides is 2. The van der Waals surface area contributed by atoms with Gasteiger partial charge in [-0.1, -0.05) is 42.5 Å². The average molecular weight is 350 g/mol. The van der Waals surface area contributed by atoms with Crippen molar-refractivity contribution in [2.45, 2.75) is 26.6 Å². The van der Waals surface area contributed by atoms with Crippen LogP contribution in [0, 0.1) is 0 Å². The number of carbonyl (C=O) groups is 2. The summed E-state index contributed by atoms with van der Waals surface area (Å²) in [5.41, 5.74) is 2.78. The SMILES string of the molecule is CC(=O)NCc1nc2ccccc2n1CC(=O)N(C)Cc1ccccc1. The van der Waals surface area contributed by atoms with Crippen LogP contribution >= 0.6 is 0 Å². The van der Waals surface area contributed by atoms with Gasteiger partial charge in [-0.25, -0.2) is 4.98 Å². The fourth-order valence-electron chi connectivity index (χ4n) is 2.84. The molecule has 3 aromatic rings. The molecule has 2 amide bonds. The number of rotatable bonds is 6. The van der Waals surface area contributed by atoms with E-state index in [0.29, 0.717) is 18.9 Å². The molecule has 0 unspecified atom stereocenters. The third-order valence-electron chi connectivity index (χ3n) is 4.21. The zero-order chi connectivity index (χ0) is 18.5. The Hall–Kier alpha value is -3.15. The monoisotopic (exact) mass is 350 g/mol. The van der Waals surface area contributed by atoms with E-state index in [4.69, 9.17) is 0 Å². The molecule has 6 nitrogen and oxygen atoms in total. The number of carbonyl (C=O) groups excluding carboxylic acids is 2. The largest absolute Gasteiger partial charge is 0.349 e. The first-order chi connectivity index (χ1) is 12.5. The van der Waals surface area contributed by atoms with Gasteiger partial charge in [-0.15, -0.1) is 0 Å². The lowest BCUT2D eigenvalue weighted by Crippen LogP contribution is -2.31. The van der Waals surface area contributed by atoms with Gasteiger partial charge in [0.15, 0.2) is 0 Å². The van der Waals surface area contributed by atoms with Gasteiger partial charge in [-0.3, -0.25) is 9.59 Å². The van der Waals surface area contributed by atoms with Gasteiger partial charge in [0.2, 0.25) is 11.8 Å². The Kier molecular flexibility index (Phi) is 5.31. The standard InChI is InChI=1S/C20H22N4O2/c1-15(25)21-12-19-22-17-10-6-7-11-18(17)24(19)14-20(26)23(2)13-16-8-4-3-5-9-16/h3-11H,12-14H2,1-2H3,(H,21,25). The van der Waals surface area contributed by atoms with E-state index in [0.717, 1.165) is 16.6 Å². The van der Waals surface area contributed by atoms with Crippen molar-refractivity contribution in [1.82, 2.24) is 19.8 Å². The van der Waals surface area contributed by atoms with Crippen LogP contribution in [0.15, 0.2) is 54.6 Å². The Morgan fingerprint density at radius 1 is 1.08 bits per heavy atom. The van der Waals surface area contributed by atoms with Gasteiger partial charge in [0.25, 0.3) is 0 Å². The first-order valence-corrected chi connectivity index (χ1v) is 8.51. The molecule has 0 aliphatic heterocycles. The van der Waals surface area contributed by atoms with E-state index in [-0.39, 0.29) is 18.4 Å². The van der Waals surface area contributed by atoms with Crippen molar-refractivity contribution < 1.29 is 9.59 Å². The summed E-state index contributed by atoms with van der Waals surface area (Å²) < 4.78 is 1.87. The first kappa shape index (κ1) is 17.7. The van der Waals surface area contributed by atoms with Gasteiger partial charge in [-0.2, -0.15) is 0 Å². The third-order valence-corrected chi connectivity index (χ3v) is 4.21. The van der Waals surface area contributed by atoms with Gasteiger partial charge in [0.05, 0.1) is 17.6 Å². The highest BCUT2D eigenvalue weighted by Gasteiger charge is 2.16. The minimum atomic E-state index is -0.129. The van der Waals surface area contributed by atoms with Crippen LogP contribution in [0.5, 0.6) is 0 Å². The van der Waals surface area contributed by atoms with Crippen molar-refractivity contribution in [3.63, 3.8) is 0 Å². The number of nitrogens with one attached hydrogen (secondary N) is 1. The summed E-state index contributed by atoms with van der Waals surface area (Å²) in [6.45, 7) is 2.48. The van der Waals surface area contributed by atoms with Gasteiger partial charge >= 0.3 is 0 Å². The molecule has 0 radical (unpaired) electrons. The number of hydrogen-bond acceptors (Lipinski definition) is 3. The highest BCUT2D eigenvalue weighted by Crippen LogP contribution is 2.16. The normalized spacial score (nSPS) is 10.7. The minimum absolute atomic E-state index is 0.0129. The summed E-state index contributed by atoms with van der Waals surface area (Å²) in [5.74, 6) is 0.528. The molecule has 0 saturated heterocycles. The topological polar surface area (TPSA) is 67.2 Å². The van der Waals surface area contributed by atoms with Crippen LogP contribution in [-0.2, 0) is 29.2 Å². The van der Waals surface area contributed by atoms with Crippen LogP contribution < -0.4 is 5.32 Å². The molecule has 0 atom stereocenters. The molecule has 6 heteroatoms. The number of fused-ring (bicyclic) bond motifs is 1.